The minimum Gasteiger partial charge on any atom is -0.299 e. The van der Waals surface area contributed by atoms with Crippen molar-refractivity contribution < 1.29 is 13.6 Å². The Hall–Kier alpha value is -1.25. The van der Waals surface area contributed by atoms with Crippen LogP contribution in [-0.2, 0) is 11.2 Å². The third kappa shape index (κ3) is 3.15. The zero-order valence-electron chi connectivity index (χ0n) is 10.6. The predicted molar refractivity (Wildman–Crippen MR) is 66.2 cm³/mol. The summed E-state index contributed by atoms with van der Waals surface area (Å²) in [6.07, 6.45) is 4.04. The molecule has 1 aromatic rings. The summed E-state index contributed by atoms with van der Waals surface area (Å²) in [5.74, 6) is -0.377. The van der Waals surface area contributed by atoms with Gasteiger partial charge in [0, 0.05) is 18.4 Å². The fourth-order valence-electron chi connectivity index (χ4n) is 2.58. The molecule has 0 aliphatic heterocycles. The van der Waals surface area contributed by atoms with Gasteiger partial charge in [0.1, 0.15) is 17.4 Å². The van der Waals surface area contributed by atoms with Gasteiger partial charge in [-0.3, -0.25) is 4.79 Å². The van der Waals surface area contributed by atoms with Crippen LogP contribution < -0.4 is 0 Å². The Morgan fingerprint density at radius 3 is 2.50 bits per heavy atom. The van der Waals surface area contributed by atoms with E-state index < -0.39 is 11.6 Å². The number of rotatable bonds is 3. The topological polar surface area (TPSA) is 17.1 Å². The lowest BCUT2D eigenvalue weighted by Crippen LogP contribution is -2.22. The van der Waals surface area contributed by atoms with Gasteiger partial charge in [0.05, 0.1) is 0 Å². The maximum atomic E-state index is 13.4. The Morgan fingerprint density at radius 2 is 1.89 bits per heavy atom. The third-order valence-corrected chi connectivity index (χ3v) is 3.85. The van der Waals surface area contributed by atoms with Gasteiger partial charge in [0.25, 0.3) is 0 Å². The molecule has 1 fully saturated rings. The summed E-state index contributed by atoms with van der Waals surface area (Å²) >= 11 is 0. The summed E-state index contributed by atoms with van der Waals surface area (Å²) in [5.41, 5.74) is 0.306. The van der Waals surface area contributed by atoms with Crippen molar-refractivity contribution in [3.8, 4) is 0 Å². The monoisotopic (exact) mass is 252 g/mol. The van der Waals surface area contributed by atoms with E-state index in [1.54, 1.807) is 0 Å². The number of benzene rings is 1. The standard InChI is InChI=1S/C15H18F2O/c1-10-2-4-11(5-3-10)15(18)8-12-6-7-13(16)9-14(12)17/h6-7,9-11H,2-5,8H2,1H3. The summed E-state index contributed by atoms with van der Waals surface area (Å²) in [6.45, 7) is 2.19. The molecule has 0 spiro atoms. The molecule has 1 saturated carbocycles. The van der Waals surface area contributed by atoms with E-state index in [-0.39, 0.29) is 18.1 Å². The largest absolute Gasteiger partial charge is 0.299 e. The molecule has 0 amide bonds. The van der Waals surface area contributed by atoms with Gasteiger partial charge in [-0.15, -0.1) is 0 Å². The van der Waals surface area contributed by atoms with E-state index in [0.29, 0.717) is 11.5 Å². The fourth-order valence-corrected chi connectivity index (χ4v) is 2.58. The first-order valence-electron chi connectivity index (χ1n) is 6.53. The molecule has 3 heteroatoms. The first-order valence-corrected chi connectivity index (χ1v) is 6.53. The highest BCUT2D eigenvalue weighted by Gasteiger charge is 2.24. The number of carbonyl (C=O) groups is 1. The van der Waals surface area contributed by atoms with Crippen LogP contribution in [-0.4, -0.2) is 5.78 Å². The van der Waals surface area contributed by atoms with Gasteiger partial charge in [-0.2, -0.15) is 0 Å². The smallest absolute Gasteiger partial charge is 0.140 e. The van der Waals surface area contributed by atoms with Crippen molar-refractivity contribution in [1.29, 1.82) is 0 Å². The van der Waals surface area contributed by atoms with E-state index >= 15 is 0 Å². The Kier molecular flexibility index (Phi) is 4.10. The summed E-state index contributed by atoms with van der Waals surface area (Å²) in [6, 6.07) is 3.41. The normalized spacial score (nSPS) is 23.9. The van der Waals surface area contributed by atoms with E-state index in [2.05, 4.69) is 6.92 Å². The number of carbonyl (C=O) groups excluding carboxylic acids is 1. The van der Waals surface area contributed by atoms with E-state index in [1.807, 2.05) is 0 Å². The lowest BCUT2D eigenvalue weighted by Gasteiger charge is -2.25. The number of Topliss-reactive ketones (excluding diaryl/α,β-unsaturated/α-hetero) is 1. The second-order valence-electron chi connectivity index (χ2n) is 5.34. The highest BCUT2D eigenvalue weighted by atomic mass is 19.1. The van der Waals surface area contributed by atoms with Crippen LogP contribution in [0, 0.1) is 23.5 Å². The molecule has 1 aromatic carbocycles. The van der Waals surface area contributed by atoms with Crippen LogP contribution in [0.4, 0.5) is 8.78 Å². The van der Waals surface area contributed by atoms with E-state index in [0.717, 1.165) is 31.7 Å². The molecule has 0 saturated heterocycles. The molecule has 18 heavy (non-hydrogen) atoms. The molecule has 98 valence electrons. The minimum absolute atomic E-state index is 0.0608. The Labute approximate surface area is 106 Å². The van der Waals surface area contributed by atoms with Crippen molar-refractivity contribution in [1.82, 2.24) is 0 Å². The maximum absolute atomic E-state index is 13.4. The molecule has 0 atom stereocenters. The Morgan fingerprint density at radius 1 is 1.22 bits per heavy atom. The SMILES string of the molecule is CC1CCC(C(=O)Cc2ccc(F)cc2F)CC1. The lowest BCUT2D eigenvalue weighted by atomic mass is 9.79. The van der Waals surface area contributed by atoms with Crippen LogP contribution in [0.2, 0.25) is 0 Å². The Bertz CT molecular complexity index is 434. The molecular weight excluding hydrogens is 234 g/mol. The van der Waals surface area contributed by atoms with Crippen molar-refractivity contribution in [2.45, 2.75) is 39.0 Å². The number of hydrogen-bond donors (Lipinski definition) is 0. The van der Waals surface area contributed by atoms with Crippen molar-refractivity contribution in [3.05, 3.63) is 35.4 Å². The first-order chi connectivity index (χ1) is 8.56. The summed E-state index contributed by atoms with van der Waals surface area (Å²) in [4.78, 5) is 12.1. The van der Waals surface area contributed by atoms with Crippen molar-refractivity contribution in [2.75, 3.05) is 0 Å². The second-order valence-corrected chi connectivity index (χ2v) is 5.34. The summed E-state index contributed by atoms with van der Waals surface area (Å²) in [5, 5.41) is 0. The Balaban J connectivity index is 1.98. The average molecular weight is 252 g/mol. The highest BCUT2D eigenvalue weighted by Crippen LogP contribution is 2.29. The molecule has 0 N–H and O–H groups in total. The van der Waals surface area contributed by atoms with Crippen molar-refractivity contribution in [2.24, 2.45) is 11.8 Å². The highest BCUT2D eigenvalue weighted by molar-refractivity contribution is 5.83. The van der Waals surface area contributed by atoms with Crippen molar-refractivity contribution >= 4 is 5.78 Å². The number of halogens is 2. The van der Waals surface area contributed by atoms with Gasteiger partial charge in [0.2, 0.25) is 0 Å². The van der Waals surface area contributed by atoms with E-state index in [9.17, 15) is 13.6 Å². The van der Waals surface area contributed by atoms with Gasteiger partial charge < -0.3 is 0 Å². The predicted octanol–water partition coefficient (Wildman–Crippen LogP) is 3.90. The lowest BCUT2D eigenvalue weighted by molar-refractivity contribution is -0.123. The second kappa shape index (κ2) is 5.59. The number of ketones is 1. The van der Waals surface area contributed by atoms with Gasteiger partial charge in [0.15, 0.2) is 0 Å². The van der Waals surface area contributed by atoms with Gasteiger partial charge in [-0.1, -0.05) is 25.8 Å². The zero-order valence-corrected chi connectivity index (χ0v) is 10.6. The fraction of sp³-hybridized carbons (Fsp3) is 0.533. The minimum atomic E-state index is -0.618. The average Bonchev–Trinajstić information content (AvgIpc) is 2.33. The third-order valence-electron chi connectivity index (χ3n) is 3.85. The summed E-state index contributed by atoms with van der Waals surface area (Å²) < 4.78 is 26.2. The van der Waals surface area contributed by atoms with Gasteiger partial charge in [-0.05, 0) is 30.4 Å². The molecule has 1 nitrogen and oxygen atoms in total. The molecule has 0 radical (unpaired) electrons. The first kappa shape index (κ1) is 13.2. The van der Waals surface area contributed by atoms with Gasteiger partial charge >= 0.3 is 0 Å². The molecule has 1 aliphatic rings. The number of hydrogen-bond acceptors (Lipinski definition) is 1. The van der Waals surface area contributed by atoms with E-state index in [1.165, 1.54) is 12.1 Å². The van der Waals surface area contributed by atoms with Crippen LogP contribution >= 0.6 is 0 Å². The zero-order chi connectivity index (χ0) is 13.1. The quantitative estimate of drug-likeness (QED) is 0.797. The molecule has 0 aromatic heterocycles. The van der Waals surface area contributed by atoms with Crippen LogP contribution in [0.3, 0.4) is 0 Å². The molecule has 0 unspecified atom stereocenters. The van der Waals surface area contributed by atoms with Crippen LogP contribution in [0.25, 0.3) is 0 Å². The van der Waals surface area contributed by atoms with E-state index in [4.69, 9.17) is 0 Å². The molecule has 2 rings (SSSR count). The molecular formula is C15H18F2O. The van der Waals surface area contributed by atoms with Crippen LogP contribution in [0.15, 0.2) is 18.2 Å². The molecule has 0 heterocycles. The molecule has 0 bridgehead atoms. The van der Waals surface area contributed by atoms with Gasteiger partial charge in [-0.25, -0.2) is 8.78 Å². The maximum Gasteiger partial charge on any atom is 0.140 e. The summed E-state index contributed by atoms with van der Waals surface area (Å²) in [7, 11) is 0. The van der Waals surface area contributed by atoms with Crippen molar-refractivity contribution in [3.63, 3.8) is 0 Å². The van der Waals surface area contributed by atoms with Crippen LogP contribution in [0.1, 0.15) is 38.2 Å². The van der Waals surface area contributed by atoms with Crippen LogP contribution in [0.5, 0.6) is 0 Å². The molecule has 1 aliphatic carbocycles.